The lowest BCUT2D eigenvalue weighted by molar-refractivity contribution is -0.236. The van der Waals surface area contributed by atoms with E-state index >= 15 is 0 Å². The SMILES string of the molecule is CCCCCCCCCCCCO[C@H]1O[C@H]([C@H](CC(=O)OCC)NC(=O)Nc2ccc(C)cc2)[C@@H]2OC(C)(C)O[C@H]12. The van der Waals surface area contributed by atoms with Crippen molar-refractivity contribution in [2.75, 3.05) is 18.5 Å². The Labute approximate surface area is 246 Å². The Morgan fingerprint density at radius 1 is 0.902 bits per heavy atom. The summed E-state index contributed by atoms with van der Waals surface area (Å²) >= 11 is 0. The first kappa shape index (κ1) is 33.3. The topological polar surface area (TPSA) is 104 Å². The summed E-state index contributed by atoms with van der Waals surface area (Å²) in [6, 6.07) is 6.32. The standard InChI is InChI=1S/C32H52N2O7/c1-6-8-9-10-11-12-13-14-15-16-21-38-30-29-28(40-32(4,5)41-29)27(39-30)25(22-26(35)37-7-2)34-31(36)33-24-19-17-23(3)18-20-24/h17-20,25,27-30H,6-16,21-22H2,1-5H3,(H2,33,34,36)/t25-,27+,28-,29-,30-/m0/s1. The van der Waals surface area contributed by atoms with Gasteiger partial charge in [0.1, 0.15) is 18.3 Å². The van der Waals surface area contributed by atoms with Crippen LogP contribution in [0.15, 0.2) is 24.3 Å². The van der Waals surface area contributed by atoms with Crippen molar-refractivity contribution in [2.24, 2.45) is 0 Å². The summed E-state index contributed by atoms with van der Waals surface area (Å²) < 4.78 is 30.0. The molecule has 2 saturated heterocycles. The number of carbonyl (C=O) groups is 2. The summed E-state index contributed by atoms with van der Waals surface area (Å²) in [4.78, 5) is 25.5. The highest BCUT2D eigenvalue weighted by molar-refractivity contribution is 5.89. The zero-order valence-corrected chi connectivity index (χ0v) is 25.7. The van der Waals surface area contributed by atoms with Crippen molar-refractivity contribution >= 4 is 17.7 Å². The monoisotopic (exact) mass is 576 g/mol. The molecule has 232 valence electrons. The number of urea groups is 1. The summed E-state index contributed by atoms with van der Waals surface area (Å²) in [7, 11) is 0. The van der Waals surface area contributed by atoms with E-state index in [1.165, 1.54) is 51.4 Å². The molecule has 41 heavy (non-hydrogen) atoms. The van der Waals surface area contributed by atoms with Crippen LogP contribution < -0.4 is 10.6 Å². The number of anilines is 1. The molecule has 2 amide bonds. The first-order valence-corrected chi connectivity index (χ1v) is 15.6. The summed E-state index contributed by atoms with van der Waals surface area (Å²) in [5.41, 5.74) is 1.74. The van der Waals surface area contributed by atoms with Crippen molar-refractivity contribution < 1.29 is 33.3 Å². The molecule has 1 aromatic carbocycles. The van der Waals surface area contributed by atoms with Gasteiger partial charge in [0.25, 0.3) is 0 Å². The van der Waals surface area contributed by atoms with Gasteiger partial charge in [0.15, 0.2) is 12.1 Å². The van der Waals surface area contributed by atoms with Crippen molar-refractivity contribution in [3.63, 3.8) is 0 Å². The second-order valence-electron chi connectivity index (χ2n) is 11.7. The lowest BCUT2D eigenvalue weighted by Gasteiger charge is -2.29. The summed E-state index contributed by atoms with van der Waals surface area (Å²) in [5.74, 6) is -1.27. The lowest BCUT2D eigenvalue weighted by atomic mass is 10.0. The number of unbranched alkanes of at least 4 members (excludes halogenated alkanes) is 9. The molecule has 9 nitrogen and oxygen atoms in total. The van der Waals surface area contributed by atoms with Crippen molar-refractivity contribution in [1.82, 2.24) is 5.32 Å². The average molecular weight is 577 g/mol. The van der Waals surface area contributed by atoms with E-state index in [9.17, 15) is 9.59 Å². The third kappa shape index (κ3) is 11.2. The summed E-state index contributed by atoms with van der Waals surface area (Å²) in [5, 5.41) is 5.75. The fourth-order valence-electron chi connectivity index (χ4n) is 5.46. The van der Waals surface area contributed by atoms with Crippen molar-refractivity contribution in [3.05, 3.63) is 29.8 Å². The van der Waals surface area contributed by atoms with E-state index in [-0.39, 0.29) is 13.0 Å². The van der Waals surface area contributed by atoms with E-state index in [1.807, 2.05) is 45.0 Å². The lowest BCUT2D eigenvalue weighted by Crippen LogP contribution is -2.51. The first-order valence-electron chi connectivity index (χ1n) is 15.6. The number of ether oxygens (including phenoxy) is 5. The molecule has 0 aromatic heterocycles. The van der Waals surface area contributed by atoms with E-state index in [1.54, 1.807) is 6.92 Å². The number of rotatable bonds is 18. The Morgan fingerprint density at radius 3 is 2.15 bits per heavy atom. The predicted octanol–water partition coefficient (Wildman–Crippen LogP) is 6.62. The molecule has 5 atom stereocenters. The quantitative estimate of drug-likeness (QED) is 0.149. The van der Waals surface area contributed by atoms with Gasteiger partial charge in [-0.05, 0) is 46.2 Å². The largest absolute Gasteiger partial charge is 0.466 e. The van der Waals surface area contributed by atoms with Gasteiger partial charge in [-0.3, -0.25) is 4.79 Å². The molecule has 2 aliphatic heterocycles. The van der Waals surface area contributed by atoms with Crippen LogP contribution in [0.25, 0.3) is 0 Å². The van der Waals surface area contributed by atoms with Crippen LogP contribution >= 0.6 is 0 Å². The number of amides is 2. The number of carbonyl (C=O) groups excluding carboxylic acids is 2. The van der Waals surface area contributed by atoms with Gasteiger partial charge in [0.05, 0.1) is 19.1 Å². The van der Waals surface area contributed by atoms with Crippen LogP contribution in [0.1, 0.15) is 104 Å². The maximum Gasteiger partial charge on any atom is 0.319 e. The Balaban J connectivity index is 1.55. The maximum atomic E-state index is 13.0. The van der Waals surface area contributed by atoms with Gasteiger partial charge in [0.2, 0.25) is 0 Å². The molecule has 3 rings (SSSR count). The average Bonchev–Trinajstić information content (AvgIpc) is 3.41. The van der Waals surface area contributed by atoms with Gasteiger partial charge in [-0.25, -0.2) is 4.79 Å². The van der Waals surface area contributed by atoms with Crippen LogP contribution in [0.2, 0.25) is 0 Å². The highest BCUT2D eigenvalue weighted by Gasteiger charge is 2.58. The molecule has 1 aromatic rings. The summed E-state index contributed by atoms with van der Waals surface area (Å²) in [6.07, 6.45) is 10.1. The van der Waals surface area contributed by atoms with Crippen LogP contribution in [-0.2, 0) is 28.5 Å². The molecule has 0 unspecified atom stereocenters. The van der Waals surface area contributed by atoms with E-state index < -0.39 is 48.4 Å². The highest BCUT2D eigenvalue weighted by Crippen LogP contribution is 2.40. The van der Waals surface area contributed by atoms with Crippen LogP contribution in [0.3, 0.4) is 0 Å². The minimum absolute atomic E-state index is 0.0714. The third-order valence-electron chi connectivity index (χ3n) is 7.54. The fourth-order valence-corrected chi connectivity index (χ4v) is 5.46. The third-order valence-corrected chi connectivity index (χ3v) is 7.54. The molecular formula is C32H52N2O7. The second kappa shape index (κ2) is 17.0. The van der Waals surface area contributed by atoms with Gasteiger partial charge in [0, 0.05) is 12.3 Å². The van der Waals surface area contributed by atoms with Gasteiger partial charge in [-0.2, -0.15) is 0 Å². The fraction of sp³-hybridized carbons (Fsp3) is 0.750. The van der Waals surface area contributed by atoms with Crippen molar-refractivity contribution in [3.8, 4) is 0 Å². The van der Waals surface area contributed by atoms with Gasteiger partial charge in [-0.15, -0.1) is 0 Å². The van der Waals surface area contributed by atoms with Crippen molar-refractivity contribution in [2.45, 2.75) is 142 Å². The van der Waals surface area contributed by atoms with E-state index in [4.69, 9.17) is 23.7 Å². The molecule has 0 saturated carbocycles. The van der Waals surface area contributed by atoms with Gasteiger partial charge >= 0.3 is 12.0 Å². The van der Waals surface area contributed by atoms with E-state index in [2.05, 4.69) is 17.6 Å². The number of aryl methyl sites for hydroxylation is 1. The molecule has 9 heteroatoms. The summed E-state index contributed by atoms with van der Waals surface area (Å²) in [6.45, 7) is 10.5. The zero-order chi connectivity index (χ0) is 29.7. The first-order chi connectivity index (χ1) is 19.7. The smallest absolute Gasteiger partial charge is 0.319 e. The predicted molar refractivity (Wildman–Crippen MR) is 159 cm³/mol. The Kier molecular flexibility index (Phi) is 13.8. The molecular weight excluding hydrogens is 524 g/mol. The van der Waals surface area contributed by atoms with Crippen LogP contribution in [0, 0.1) is 6.92 Å². The molecule has 2 heterocycles. The normalized spacial score (nSPS) is 23.6. The number of benzene rings is 1. The maximum absolute atomic E-state index is 13.0. The van der Waals surface area contributed by atoms with Gasteiger partial charge in [-0.1, -0.05) is 82.4 Å². The van der Waals surface area contributed by atoms with Crippen LogP contribution in [-0.4, -0.2) is 61.6 Å². The molecule has 0 spiro atoms. The second-order valence-corrected chi connectivity index (χ2v) is 11.7. The highest BCUT2D eigenvalue weighted by atomic mass is 16.8. The molecule has 2 N–H and O–H groups in total. The van der Waals surface area contributed by atoms with Crippen LogP contribution in [0.4, 0.5) is 10.5 Å². The van der Waals surface area contributed by atoms with Crippen LogP contribution in [0.5, 0.6) is 0 Å². The number of esters is 1. The minimum Gasteiger partial charge on any atom is -0.466 e. The molecule has 2 fully saturated rings. The van der Waals surface area contributed by atoms with Crippen molar-refractivity contribution in [1.29, 1.82) is 0 Å². The number of hydrogen-bond acceptors (Lipinski definition) is 7. The van der Waals surface area contributed by atoms with E-state index in [0.717, 1.165) is 18.4 Å². The van der Waals surface area contributed by atoms with Gasteiger partial charge < -0.3 is 34.3 Å². The molecule has 0 radical (unpaired) electrons. The molecule has 0 aliphatic carbocycles. The number of nitrogens with one attached hydrogen (secondary N) is 2. The Hall–Kier alpha value is -2.20. The molecule has 2 aliphatic rings. The Bertz CT molecular complexity index is 923. The Morgan fingerprint density at radius 2 is 1.51 bits per heavy atom. The van der Waals surface area contributed by atoms with E-state index in [0.29, 0.717) is 12.3 Å². The molecule has 0 bridgehead atoms. The number of hydrogen-bond donors (Lipinski definition) is 2. The number of fused-ring (bicyclic) bond motifs is 1. The zero-order valence-electron chi connectivity index (χ0n) is 25.7. The minimum atomic E-state index is -0.839.